The molecular weight excluding hydrogens is 327 g/mol. The largest absolute Gasteiger partial charge is 0.574 e. The smallest absolute Gasteiger partial charge is 0.466 e. The van der Waals surface area contributed by atoms with Gasteiger partial charge in [-0.2, -0.15) is 13.2 Å². The zero-order valence-electron chi connectivity index (χ0n) is 10.8. The van der Waals surface area contributed by atoms with Gasteiger partial charge in [-0.1, -0.05) is 0 Å². The molecule has 1 aromatic rings. The molecule has 0 aliphatic carbocycles. The Morgan fingerprint density at radius 3 is 2.27 bits per heavy atom. The molecule has 0 saturated carbocycles. The summed E-state index contributed by atoms with van der Waals surface area (Å²) in [7, 11) is 0. The molecule has 0 saturated heterocycles. The van der Waals surface area contributed by atoms with Crippen LogP contribution in [0.5, 0.6) is 5.88 Å². The van der Waals surface area contributed by atoms with E-state index in [-0.39, 0.29) is 12.7 Å². The van der Waals surface area contributed by atoms with E-state index in [1.807, 2.05) is 0 Å². The van der Waals surface area contributed by atoms with Crippen LogP contribution >= 0.6 is 0 Å². The Bertz CT molecular complexity index is 554. The van der Waals surface area contributed by atoms with Crippen molar-refractivity contribution in [3.8, 4) is 5.88 Å². The highest BCUT2D eigenvalue weighted by molar-refractivity contribution is 5.72. The molecule has 1 aromatic heterocycles. The third kappa shape index (κ3) is 5.04. The van der Waals surface area contributed by atoms with Crippen LogP contribution in [-0.4, -0.2) is 23.9 Å². The van der Waals surface area contributed by atoms with Crippen LogP contribution in [0.4, 0.5) is 30.7 Å². The number of aromatic nitrogens is 1. The maximum Gasteiger partial charge on any atom is 0.574 e. The van der Waals surface area contributed by atoms with Crippen molar-refractivity contribution in [2.24, 2.45) is 0 Å². The fraction of sp³-hybridized carbons (Fsp3) is 0.455. The number of nitrogens with zero attached hydrogens (tertiary/aromatic N) is 1. The number of hydrogen-bond acceptors (Lipinski definition) is 4. The molecule has 0 spiro atoms. The van der Waals surface area contributed by atoms with E-state index in [0.717, 1.165) is 0 Å². The summed E-state index contributed by atoms with van der Waals surface area (Å²) in [6.07, 6.45) is -11.6. The zero-order chi connectivity index (χ0) is 17.1. The van der Waals surface area contributed by atoms with Gasteiger partial charge in [0.2, 0.25) is 0 Å². The highest BCUT2D eigenvalue weighted by atomic mass is 19.4. The summed E-state index contributed by atoms with van der Waals surface area (Å²) in [4.78, 5) is 13.6. The van der Waals surface area contributed by atoms with E-state index in [2.05, 4.69) is 14.5 Å². The van der Waals surface area contributed by atoms with Gasteiger partial charge in [0.05, 0.1) is 13.0 Å². The van der Waals surface area contributed by atoms with Gasteiger partial charge in [0, 0.05) is 5.56 Å². The lowest BCUT2D eigenvalue weighted by Crippen LogP contribution is -2.21. The van der Waals surface area contributed by atoms with Crippen LogP contribution in [0, 0.1) is 5.82 Å². The van der Waals surface area contributed by atoms with Crippen molar-refractivity contribution >= 4 is 5.97 Å². The van der Waals surface area contributed by atoms with Crippen LogP contribution < -0.4 is 4.74 Å². The lowest BCUT2D eigenvalue weighted by molar-refractivity contribution is -0.277. The van der Waals surface area contributed by atoms with E-state index in [9.17, 15) is 35.5 Å². The van der Waals surface area contributed by atoms with E-state index in [1.54, 1.807) is 0 Å². The molecule has 124 valence electrons. The summed E-state index contributed by atoms with van der Waals surface area (Å²) < 4.78 is 95.1. The molecule has 0 bridgehead atoms. The molecule has 0 atom stereocenters. The Balaban J connectivity index is 3.30. The monoisotopic (exact) mass is 335 g/mol. The van der Waals surface area contributed by atoms with Crippen LogP contribution in [-0.2, 0) is 22.1 Å². The Kier molecular flexibility index (Phi) is 5.20. The Morgan fingerprint density at radius 1 is 1.23 bits per heavy atom. The molecule has 22 heavy (non-hydrogen) atoms. The molecule has 0 unspecified atom stereocenters. The fourth-order valence-electron chi connectivity index (χ4n) is 1.38. The summed E-state index contributed by atoms with van der Waals surface area (Å²) in [6, 6.07) is 0.121. The van der Waals surface area contributed by atoms with Crippen molar-refractivity contribution in [3.05, 3.63) is 23.1 Å². The van der Waals surface area contributed by atoms with Crippen molar-refractivity contribution in [3.63, 3.8) is 0 Å². The van der Waals surface area contributed by atoms with E-state index < -0.39 is 47.9 Å². The van der Waals surface area contributed by atoms with Crippen molar-refractivity contribution < 1.29 is 45.0 Å². The van der Waals surface area contributed by atoms with Crippen LogP contribution in [0.15, 0.2) is 6.07 Å². The molecule has 0 fully saturated rings. The number of carbonyl (C=O) groups is 1. The van der Waals surface area contributed by atoms with Crippen LogP contribution in [0.3, 0.4) is 0 Å². The number of halogens is 7. The molecule has 11 heteroatoms. The Labute approximate surface area is 118 Å². The van der Waals surface area contributed by atoms with Crippen LogP contribution in [0.1, 0.15) is 18.2 Å². The summed E-state index contributed by atoms with van der Waals surface area (Å²) in [5, 5.41) is 0. The molecule has 4 nitrogen and oxygen atoms in total. The summed E-state index contributed by atoms with van der Waals surface area (Å²) in [5.41, 5.74) is -2.80. The summed E-state index contributed by atoms with van der Waals surface area (Å²) in [6.45, 7) is 1.25. The van der Waals surface area contributed by atoms with E-state index in [1.165, 1.54) is 6.92 Å². The van der Waals surface area contributed by atoms with E-state index in [4.69, 9.17) is 0 Å². The predicted molar refractivity (Wildman–Crippen MR) is 56.2 cm³/mol. The molecule has 1 rings (SSSR count). The second-order valence-corrected chi connectivity index (χ2v) is 3.81. The molecular formula is C11H8F7NO3. The topological polar surface area (TPSA) is 48.4 Å². The van der Waals surface area contributed by atoms with Gasteiger partial charge in [0.15, 0.2) is 5.82 Å². The van der Waals surface area contributed by atoms with Crippen molar-refractivity contribution in [2.75, 3.05) is 6.61 Å². The molecule has 0 amide bonds. The second-order valence-electron chi connectivity index (χ2n) is 3.81. The first-order chi connectivity index (χ1) is 9.94. The first kappa shape index (κ1) is 18.0. The minimum absolute atomic E-state index is 0.121. The zero-order valence-corrected chi connectivity index (χ0v) is 10.8. The normalized spacial score (nSPS) is 12.2. The third-order valence-corrected chi connectivity index (χ3v) is 2.15. The van der Waals surface area contributed by atoms with Gasteiger partial charge in [0.25, 0.3) is 5.88 Å². The van der Waals surface area contributed by atoms with Crippen molar-refractivity contribution in [1.82, 2.24) is 4.98 Å². The van der Waals surface area contributed by atoms with Gasteiger partial charge < -0.3 is 9.47 Å². The average molecular weight is 335 g/mol. The quantitative estimate of drug-likeness (QED) is 0.626. The van der Waals surface area contributed by atoms with Gasteiger partial charge in [-0.15, -0.1) is 13.2 Å². The number of esters is 1. The number of pyridine rings is 1. The number of ether oxygens (including phenoxy) is 2. The first-order valence-electron chi connectivity index (χ1n) is 5.62. The number of rotatable bonds is 4. The van der Waals surface area contributed by atoms with Crippen LogP contribution in [0.2, 0.25) is 0 Å². The van der Waals surface area contributed by atoms with Gasteiger partial charge in [0.1, 0.15) is 5.69 Å². The van der Waals surface area contributed by atoms with Gasteiger partial charge >= 0.3 is 18.5 Å². The molecule has 0 radical (unpaired) electrons. The Morgan fingerprint density at radius 2 is 1.82 bits per heavy atom. The van der Waals surface area contributed by atoms with Gasteiger partial charge in [-0.3, -0.25) is 4.79 Å². The molecule has 0 aliphatic rings. The fourth-order valence-corrected chi connectivity index (χ4v) is 1.38. The molecule has 0 N–H and O–H groups in total. The maximum atomic E-state index is 13.7. The van der Waals surface area contributed by atoms with E-state index >= 15 is 0 Å². The van der Waals surface area contributed by atoms with Crippen molar-refractivity contribution in [1.29, 1.82) is 0 Å². The summed E-state index contributed by atoms with van der Waals surface area (Å²) >= 11 is 0. The SMILES string of the molecule is CCOC(=O)Cc1cc(C(F)(F)F)nc(OC(F)(F)F)c1F. The number of hydrogen-bond donors (Lipinski definition) is 0. The minimum Gasteiger partial charge on any atom is -0.466 e. The molecule has 0 aliphatic heterocycles. The van der Waals surface area contributed by atoms with Gasteiger partial charge in [-0.25, -0.2) is 9.37 Å². The minimum atomic E-state index is -5.45. The Hall–Kier alpha value is -2.07. The molecule has 1 heterocycles. The maximum absolute atomic E-state index is 13.7. The number of alkyl halides is 6. The van der Waals surface area contributed by atoms with E-state index in [0.29, 0.717) is 0 Å². The second kappa shape index (κ2) is 6.36. The lowest BCUT2D eigenvalue weighted by atomic mass is 10.1. The number of carbonyl (C=O) groups excluding carboxylic acids is 1. The summed E-state index contributed by atoms with van der Waals surface area (Å²) in [5.74, 6) is -4.85. The van der Waals surface area contributed by atoms with Crippen molar-refractivity contribution in [2.45, 2.75) is 25.9 Å². The predicted octanol–water partition coefficient (Wildman–Crippen LogP) is 3.24. The van der Waals surface area contributed by atoms with Gasteiger partial charge in [-0.05, 0) is 13.0 Å². The van der Waals surface area contributed by atoms with Crippen LogP contribution in [0.25, 0.3) is 0 Å². The average Bonchev–Trinajstić information content (AvgIpc) is 2.31. The highest BCUT2D eigenvalue weighted by Gasteiger charge is 2.38. The lowest BCUT2D eigenvalue weighted by Gasteiger charge is -2.14. The third-order valence-electron chi connectivity index (χ3n) is 2.15. The molecule has 0 aromatic carbocycles. The highest BCUT2D eigenvalue weighted by Crippen LogP contribution is 2.33. The standard InChI is InChI=1S/C11H8F7NO3/c1-2-21-7(20)4-5-3-6(10(13,14)15)19-9(8(5)12)22-11(16,17)18/h3H,2,4H2,1H3. The first-order valence-corrected chi connectivity index (χ1v) is 5.62.